The first-order chi connectivity index (χ1) is 16.9. The van der Waals surface area contributed by atoms with Crippen molar-refractivity contribution >= 4 is 45.3 Å². The molecule has 5 rings (SSSR count). The van der Waals surface area contributed by atoms with Gasteiger partial charge in [-0.05, 0) is 67.4 Å². The Labute approximate surface area is 206 Å². The van der Waals surface area contributed by atoms with E-state index in [9.17, 15) is 9.59 Å². The topological polar surface area (TPSA) is 89.0 Å². The summed E-state index contributed by atoms with van der Waals surface area (Å²) in [7, 11) is 1.59. The number of H-pyrrole nitrogens is 1. The molecule has 2 aromatic heterocycles. The number of aromatic nitrogens is 3. The fraction of sp³-hybridized carbons (Fsp3) is 0.148. The molecule has 0 saturated heterocycles. The highest BCUT2D eigenvalue weighted by Gasteiger charge is 2.18. The van der Waals surface area contributed by atoms with Crippen LogP contribution in [0.3, 0.4) is 0 Å². The van der Waals surface area contributed by atoms with Crippen molar-refractivity contribution in [1.82, 2.24) is 14.5 Å². The molecule has 0 bridgehead atoms. The molecule has 0 radical (unpaired) electrons. The fourth-order valence-electron chi connectivity index (χ4n) is 4.15. The van der Waals surface area contributed by atoms with Gasteiger partial charge in [-0.2, -0.15) is 0 Å². The van der Waals surface area contributed by atoms with E-state index in [0.29, 0.717) is 27.6 Å². The van der Waals surface area contributed by atoms with Gasteiger partial charge in [-0.3, -0.25) is 14.2 Å². The van der Waals surface area contributed by atoms with Gasteiger partial charge in [0.1, 0.15) is 16.8 Å². The molecule has 176 valence electrons. The van der Waals surface area contributed by atoms with Crippen molar-refractivity contribution in [2.75, 3.05) is 18.2 Å². The largest absolute Gasteiger partial charge is 0.497 e. The SMILES string of the molecule is COc1ccc(NC(=O)CSc2nc3c([nH]c4ccccc43)c(=O)n2-c2cc(C)cc(C)c2)cc1. The number of fused-ring (bicyclic) bond motifs is 3. The zero-order valence-corrected chi connectivity index (χ0v) is 20.4. The number of hydrogen-bond acceptors (Lipinski definition) is 5. The van der Waals surface area contributed by atoms with E-state index < -0.39 is 0 Å². The van der Waals surface area contributed by atoms with Crippen molar-refractivity contribution < 1.29 is 9.53 Å². The van der Waals surface area contributed by atoms with Gasteiger partial charge < -0.3 is 15.0 Å². The molecule has 0 aliphatic rings. The van der Waals surface area contributed by atoms with Crippen molar-refractivity contribution in [2.45, 2.75) is 19.0 Å². The van der Waals surface area contributed by atoms with Crippen molar-refractivity contribution in [2.24, 2.45) is 0 Å². The summed E-state index contributed by atoms with van der Waals surface area (Å²) in [5.74, 6) is 0.614. The minimum atomic E-state index is -0.200. The Morgan fingerprint density at radius 1 is 1.06 bits per heavy atom. The van der Waals surface area contributed by atoms with E-state index in [0.717, 1.165) is 27.7 Å². The molecule has 2 N–H and O–H groups in total. The molecule has 7 nitrogen and oxygen atoms in total. The van der Waals surface area contributed by atoms with Crippen LogP contribution in [0.2, 0.25) is 0 Å². The summed E-state index contributed by atoms with van der Waals surface area (Å²) in [6.45, 7) is 3.98. The number of para-hydroxylation sites is 1. The average Bonchev–Trinajstić information content (AvgIpc) is 3.22. The molecule has 5 aromatic rings. The Balaban J connectivity index is 1.54. The Kier molecular flexibility index (Phi) is 6.05. The number of amides is 1. The van der Waals surface area contributed by atoms with Crippen LogP contribution in [0.1, 0.15) is 11.1 Å². The number of carbonyl (C=O) groups excluding carboxylic acids is 1. The maximum absolute atomic E-state index is 13.7. The number of anilines is 1. The van der Waals surface area contributed by atoms with Crippen LogP contribution in [0, 0.1) is 13.8 Å². The number of benzene rings is 3. The Morgan fingerprint density at radius 3 is 2.49 bits per heavy atom. The molecule has 0 spiro atoms. The standard InChI is InChI=1S/C27H24N4O3S/c1-16-12-17(2)14-19(13-16)31-26(33)25-24(21-6-4-5-7-22(21)29-25)30-27(31)35-15-23(32)28-18-8-10-20(34-3)11-9-18/h4-14,29H,15H2,1-3H3,(H,28,32). The lowest BCUT2D eigenvalue weighted by atomic mass is 10.1. The predicted molar refractivity (Wildman–Crippen MR) is 141 cm³/mol. The summed E-state index contributed by atoms with van der Waals surface area (Å²) in [4.78, 5) is 34.5. The number of thioether (sulfide) groups is 1. The van der Waals surface area contributed by atoms with Crippen LogP contribution in [0.5, 0.6) is 5.75 Å². The second kappa shape index (κ2) is 9.31. The monoisotopic (exact) mass is 484 g/mol. The molecule has 3 aromatic carbocycles. The highest BCUT2D eigenvalue weighted by atomic mass is 32.2. The molecule has 1 amide bonds. The van der Waals surface area contributed by atoms with Crippen LogP contribution in [0.15, 0.2) is 76.7 Å². The van der Waals surface area contributed by atoms with Gasteiger partial charge in [0.05, 0.1) is 18.6 Å². The summed E-state index contributed by atoms with van der Waals surface area (Å²) in [6.07, 6.45) is 0. The van der Waals surface area contributed by atoms with E-state index in [4.69, 9.17) is 9.72 Å². The number of ether oxygens (including phenoxy) is 1. The average molecular weight is 485 g/mol. The highest BCUT2D eigenvalue weighted by Crippen LogP contribution is 2.27. The zero-order chi connectivity index (χ0) is 24.5. The van der Waals surface area contributed by atoms with Crippen LogP contribution >= 0.6 is 11.8 Å². The van der Waals surface area contributed by atoms with E-state index in [-0.39, 0.29) is 17.2 Å². The molecule has 0 saturated carbocycles. The number of rotatable bonds is 6. The van der Waals surface area contributed by atoms with Crippen LogP contribution in [0.4, 0.5) is 5.69 Å². The summed E-state index contributed by atoms with van der Waals surface area (Å²) in [5, 5.41) is 4.21. The summed E-state index contributed by atoms with van der Waals surface area (Å²) in [6, 6.07) is 20.8. The first-order valence-corrected chi connectivity index (χ1v) is 12.1. The lowest BCUT2D eigenvalue weighted by Crippen LogP contribution is -2.23. The smallest absolute Gasteiger partial charge is 0.283 e. The van der Waals surface area contributed by atoms with Crippen molar-refractivity contribution in [3.05, 3.63) is 88.2 Å². The number of carbonyl (C=O) groups is 1. The van der Waals surface area contributed by atoms with Crippen molar-refractivity contribution in [3.8, 4) is 11.4 Å². The van der Waals surface area contributed by atoms with Gasteiger partial charge in [-0.25, -0.2) is 4.98 Å². The van der Waals surface area contributed by atoms with E-state index in [1.54, 1.807) is 35.9 Å². The summed E-state index contributed by atoms with van der Waals surface area (Å²) >= 11 is 1.23. The third kappa shape index (κ3) is 4.52. The lowest BCUT2D eigenvalue weighted by molar-refractivity contribution is -0.113. The molecule has 0 atom stereocenters. The molecular formula is C27H24N4O3S. The van der Waals surface area contributed by atoms with Crippen molar-refractivity contribution in [3.63, 3.8) is 0 Å². The zero-order valence-electron chi connectivity index (χ0n) is 19.6. The minimum absolute atomic E-state index is 0.0944. The second-order valence-corrected chi connectivity index (χ2v) is 9.28. The number of aryl methyl sites for hydroxylation is 2. The van der Waals surface area contributed by atoms with Gasteiger partial charge in [0, 0.05) is 16.6 Å². The Bertz CT molecular complexity index is 1600. The van der Waals surface area contributed by atoms with Gasteiger partial charge in [-0.15, -0.1) is 0 Å². The van der Waals surface area contributed by atoms with Crippen molar-refractivity contribution in [1.29, 1.82) is 0 Å². The van der Waals surface area contributed by atoms with E-state index in [1.807, 2.05) is 50.2 Å². The maximum atomic E-state index is 13.7. The molecule has 0 unspecified atom stereocenters. The number of nitrogens with zero attached hydrogens (tertiary/aromatic N) is 2. The quantitative estimate of drug-likeness (QED) is 0.255. The van der Waals surface area contributed by atoms with E-state index >= 15 is 0 Å². The fourth-order valence-corrected chi connectivity index (χ4v) is 4.95. The first-order valence-electron chi connectivity index (χ1n) is 11.1. The Hall–Kier alpha value is -4.04. The molecular weight excluding hydrogens is 460 g/mol. The predicted octanol–water partition coefficient (Wildman–Crippen LogP) is 5.22. The molecule has 0 fully saturated rings. The third-order valence-corrected chi connectivity index (χ3v) is 6.60. The van der Waals surface area contributed by atoms with Crippen LogP contribution in [-0.2, 0) is 4.79 Å². The third-order valence-electron chi connectivity index (χ3n) is 5.67. The van der Waals surface area contributed by atoms with Crippen LogP contribution in [0.25, 0.3) is 27.6 Å². The minimum Gasteiger partial charge on any atom is -0.497 e. The molecule has 8 heteroatoms. The first kappa shape index (κ1) is 22.7. The number of methoxy groups -OCH3 is 1. The summed E-state index contributed by atoms with van der Waals surface area (Å²) in [5.41, 5.74) is 5.16. The lowest BCUT2D eigenvalue weighted by Gasteiger charge is -2.14. The maximum Gasteiger partial charge on any atom is 0.283 e. The van der Waals surface area contributed by atoms with Gasteiger partial charge in [0.2, 0.25) is 5.91 Å². The molecule has 2 heterocycles. The molecule has 0 aliphatic carbocycles. The van der Waals surface area contributed by atoms with Crippen LogP contribution < -0.4 is 15.6 Å². The van der Waals surface area contributed by atoms with Gasteiger partial charge in [-0.1, -0.05) is 36.0 Å². The van der Waals surface area contributed by atoms with E-state index in [2.05, 4.69) is 16.4 Å². The highest BCUT2D eigenvalue weighted by molar-refractivity contribution is 7.99. The normalized spacial score (nSPS) is 11.2. The number of hydrogen-bond donors (Lipinski definition) is 2. The van der Waals surface area contributed by atoms with Gasteiger partial charge >= 0.3 is 0 Å². The number of nitrogens with one attached hydrogen (secondary N) is 2. The molecule has 35 heavy (non-hydrogen) atoms. The van der Waals surface area contributed by atoms with Gasteiger partial charge in [0.15, 0.2) is 5.16 Å². The van der Waals surface area contributed by atoms with Gasteiger partial charge in [0.25, 0.3) is 5.56 Å². The molecule has 0 aliphatic heterocycles. The summed E-state index contributed by atoms with van der Waals surface area (Å²) < 4.78 is 6.75. The second-order valence-electron chi connectivity index (χ2n) is 8.34. The number of aromatic amines is 1. The Morgan fingerprint density at radius 2 is 1.77 bits per heavy atom. The van der Waals surface area contributed by atoms with E-state index in [1.165, 1.54) is 11.8 Å². The van der Waals surface area contributed by atoms with Crippen LogP contribution in [-0.4, -0.2) is 33.3 Å².